The van der Waals surface area contributed by atoms with Gasteiger partial charge in [0.2, 0.25) is 0 Å². The van der Waals surface area contributed by atoms with Crippen LogP contribution >= 0.6 is 0 Å². The van der Waals surface area contributed by atoms with E-state index < -0.39 is 0 Å². The highest BCUT2D eigenvalue weighted by molar-refractivity contribution is 5.79. The predicted molar refractivity (Wildman–Crippen MR) is 79.3 cm³/mol. The Bertz CT molecular complexity index is 445. The first-order chi connectivity index (χ1) is 9.21. The Morgan fingerprint density at radius 1 is 1.42 bits per heavy atom. The summed E-state index contributed by atoms with van der Waals surface area (Å²) in [6.45, 7) is 4.00. The van der Waals surface area contributed by atoms with Crippen molar-refractivity contribution in [2.24, 2.45) is 4.99 Å². The summed E-state index contributed by atoms with van der Waals surface area (Å²) in [5.41, 5.74) is 1.19. The molecule has 0 heterocycles. The van der Waals surface area contributed by atoms with E-state index in [2.05, 4.69) is 16.2 Å². The zero-order valence-corrected chi connectivity index (χ0v) is 11.8. The van der Waals surface area contributed by atoms with Crippen LogP contribution in [0.5, 0.6) is 5.75 Å². The van der Waals surface area contributed by atoms with Crippen molar-refractivity contribution in [1.82, 2.24) is 10.2 Å². The average Bonchev–Trinajstić information content (AvgIpc) is 2.44. The van der Waals surface area contributed by atoms with Crippen molar-refractivity contribution in [1.29, 1.82) is 0 Å². The maximum Gasteiger partial charge on any atom is 0.194 e. The van der Waals surface area contributed by atoms with Crippen LogP contribution in [0.1, 0.15) is 12.5 Å². The maximum atomic E-state index is 5.24. The fourth-order valence-corrected chi connectivity index (χ4v) is 1.67. The third-order valence-corrected chi connectivity index (χ3v) is 2.60. The van der Waals surface area contributed by atoms with Gasteiger partial charge in [-0.2, -0.15) is 0 Å². The summed E-state index contributed by atoms with van der Waals surface area (Å²) in [5.74, 6) is 4.20. The van der Waals surface area contributed by atoms with Crippen LogP contribution < -0.4 is 10.1 Å². The van der Waals surface area contributed by atoms with Crippen molar-refractivity contribution in [2.75, 3.05) is 27.2 Å². The number of hydrogen-bond acceptors (Lipinski definition) is 2. The average molecular weight is 259 g/mol. The molecule has 19 heavy (non-hydrogen) atoms. The molecule has 0 atom stereocenters. The van der Waals surface area contributed by atoms with Gasteiger partial charge in [-0.1, -0.05) is 18.1 Å². The molecule has 0 aliphatic carbocycles. The molecule has 102 valence electrons. The Kier molecular flexibility index (Phi) is 6.31. The maximum absolute atomic E-state index is 5.24. The van der Waals surface area contributed by atoms with Crippen molar-refractivity contribution in [3.05, 3.63) is 29.8 Å². The third kappa shape index (κ3) is 4.92. The van der Waals surface area contributed by atoms with Gasteiger partial charge in [-0.15, -0.1) is 6.42 Å². The summed E-state index contributed by atoms with van der Waals surface area (Å²) in [6.07, 6.45) is 5.24. The SMILES string of the molecule is C#CCN=C(NCC)N(C)Cc1ccc(OC)cc1. The normalized spacial score (nSPS) is 10.7. The van der Waals surface area contributed by atoms with Gasteiger partial charge in [0, 0.05) is 20.1 Å². The van der Waals surface area contributed by atoms with Crippen molar-refractivity contribution in [2.45, 2.75) is 13.5 Å². The fourth-order valence-electron chi connectivity index (χ4n) is 1.67. The molecule has 0 aliphatic heterocycles. The molecule has 1 aromatic rings. The first-order valence-electron chi connectivity index (χ1n) is 6.27. The second-order valence-electron chi connectivity index (χ2n) is 4.08. The minimum atomic E-state index is 0.384. The van der Waals surface area contributed by atoms with Gasteiger partial charge in [-0.3, -0.25) is 0 Å². The highest BCUT2D eigenvalue weighted by Gasteiger charge is 2.06. The molecule has 0 saturated carbocycles. The molecular weight excluding hydrogens is 238 g/mol. The Hall–Kier alpha value is -2.15. The number of rotatable bonds is 5. The molecule has 4 nitrogen and oxygen atoms in total. The van der Waals surface area contributed by atoms with E-state index in [0.29, 0.717) is 6.54 Å². The van der Waals surface area contributed by atoms with Gasteiger partial charge in [0.25, 0.3) is 0 Å². The van der Waals surface area contributed by atoms with Crippen LogP contribution in [-0.4, -0.2) is 38.1 Å². The number of nitrogens with one attached hydrogen (secondary N) is 1. The molecule has 0 aliphatic rings. The molecule has 0 fully saturated rings. The fraction of sp³-hybridized carbons (Fsp3) is 0.400. The molecule has 0 unspecified atom stereocenters. The van der Waals surface area contributed by atoms with Crippen LogP contribution in [0.4, 0.5) is 0 Å². The Morgan fingerprint density at radius 2 is 2.11 bits per heavy atom. The number of ether oxygens (including phenoxy) is 1. The summed E-state index contributed by atoms with van der Waals surface area (Å²) in [5, 5.41) is 3.22. The number of aliphatic imine (C=N–C) groups is 1. The first-order valence-corrected chi connectivity index (χ1v) is 6.27. The Labute approximate surface area is 115 Å². The van der Waals surface area contributed by atoms with Crippen molar-refractivity contribution in [3.8, 4) is 18.1 Å². The molecule has 0 aromatic heterocycles. The van der Waals surface area contributed by atoms with Gasteiger partial charge in [0.1, 0.15) is 12.3 Å². The van der Waals surface area contributed by atoms with E-state index in [9.17, 15) is 0 Å². The number of nitrogens with zero attached hydrogens (tertiary/aromatic N) is 2. The number of methoxy groups -OCH3 is 1. The molecule has 1 N–H and O–H groups in total. The lowest BCUT2D eigenvalue weighted by molar-refractivity contribution is 0.414. The van der Waals surface area contributed by atoms with Crippen LogP contribution in [0.3, 0.4) is 0 Å². The van der Waals surface area contributed by atoms with Gasteiger partial charge >= 0.3 is 0 Å². The smallest absolute Gasteiger partial charge is 0.194 e. The minimum Gasteiger partial charge on any atom is -0.497 e. The predicted octanol–water partition coefficient (Wildman–Crippen LogP) is 1.73. The Morgan fingerprint density at radius 3 is 2.63 bits per heavy atom. The number of terminal acetylenes is 1. The highest BCUT2D eigenvalue weighted by atomic mass is 16.5. The number of benzene rings is 1. The molecule has 0 amide bonds. The van der Waals surface area contributed by atoms with E-state index in [1.165, 1.54) is 5.56 Å². The lowest BCUT2D eigenvalue weighted by Gasteiger charge is -2.22. The molecule has 4 heteroatoms. The molecule has 0 spiro atoms. The first kappa shape index (κ1) is 14.9. The van der Waals surface area contributed by atoms with E-state index in [1.54, 1.807) is 7.11 Å². The van der Waals surface area contributed by atoms with E-state index >= 15 is 0 Å². The number of guanidine groups is 1. The van der Waals surface area contributed by atoms with Gasteiger partial charge < -0.3 is 15.0 Å². The summed E-state index contributed by atoms with van der Waals surface area (Å²) in [4.78, 5) is 6.38. The van der Waals surface area contributed by atoms with Crippen LogP contribution in [-0.2, 0) is 6.54 Å². The lowest BCUT2D eigenvalue weighted by atomic mass is 10.2. The van der Waals surface area contributed by atoms with Crippen LogP contribution in [0.2, 0.25) is 0 Å². The second kappa shape index (κ2) is 8.04. The Balaban J connectivity index is 2.69. The summed E-state index contributed by atoms with van der Waals surface area (Å²) in [7, 11) is 3.65. The van der Waals surface area contributed by atoms with Gasteiger partial charge in [0.15, 0.2) is 5.96 Å². The van der Waals surface area contributed by atoms with E-state index in [4.69, 9.17) is 11.2 Å². The van der Waals surface area contributed by atoms with Gasteiger partial charge in [-0.25, -0.2) is 4.99 Å². The van der Waals surface area contributed by atoms with Crippen LogP contribution in [0.15, 0.2) is 29.3 Å². The molecule has 0 saturated heterocycles. The van der Waals surface area contributed by atoms with Gasteiger partial charge in [-0.05, 0) is 24.6 Å². The van der Waals surface area contributed by atoms with Gasteiger partial charge in [0.05, 0.1) is 7.11 Å². The highest BCUT2D eigenvalue weighted by Crippen LogP contribution is 2.12. The van der Waals surface area contributed by atoms with Crippen LogP contribution in [0, 0.1) is 12.3 Å². The van der Waals surface area contributed by atoms with Crippen molar-refractivity contribution < 1.29 is 4.74 Å². The number of hydrogen-bond donors (Lipinski definition) is 1. The topological polar surface area (TPSA) is 36.9 Å². The molecule has 1 rings (SSSR count). The van der Waals surface area contributed by atoms with Crippen molar-refractivity contribution >= 4 is 5.96 Å². The van der Waals surface area contributed by atoms with E-state index in [1.807, 2.05) is 43.1 Å². The summed E-state index contributed by atoms with van der Waals surface area (Å²) in [6, 6.07) is 7.99. The zero-order chi connectivity index (χ0) is 14.1. The summed E-state index contributed by atoms with van der Waals surface area (Å²) >= 11 is 0. The molecule has 1 aromatic carbocycles. The minimum absolute atomic E-state index is 0.384. The standard InChI is InChI=1S/C15H21N3O/c1-5-11-17-15(16-6-2)18(3)12-13-7-9-14(19-4)10-8-13/h1,7-10H,6,11-12H2,2-4H3,(H,16,17). The molecule has 0 bridgehead atoms. The monoisotopic (exact) mass is 259 g/mol. The van der Waals surface area contributed by atoms with Crippen molar-refractivity contribution in [3.63, 3.8) is 0 Å². The lowest BCUT2D eigenvalue weighted by Crippen LogP contribution is -2.38. The third-order valence-electron chi connectivity index (χ3n) is 2.60. The largest absolute Gasteiger partial charge is 0.497 e. The zero-order valence-electron chi connectivity index (χ0n) is 11.8. The second-order valence-corrected chi connectivity index (χ2v) is 4.08. The quantitative estimate of drug-likeness (QED) is 0.497. The molecule has 0 radical (unpaired) electrons. The summed E-state index contributed by atoms with van der Waals surface area (Å²) < 4.78 is 5.14. The van der Waals surface area contributed by atoms with Crippen LogP contribution in [0.25, 0.3) is 0 Å². The van der Waals surface area contributed by atoms with E-state index in [-0.39, 0.29) is 0 Å². The molecular formula is C15H21N3O. The van der Waals surface area contributed by atoms with E-state index in [0.717, 1.165) is 24.8 Å².